The summed E-state index contributed by atoms with van der Waals surface area (Å²) in [6.07, 6.45) is 0. The molecule has 0 atom stereocenters. The first-order valence-electron chi connectivity index (χ1n) is 5.84. The first kappa shape index (κ1) is 14.0. The molecule has 1 aromatic heterocycles. The van der Waals surface area contributed by atoms with Crippen molar-refractivity contribution in [3.8, 4) is 11.6 Å². The Morgan fingerprint density at radius 2 is 2.11 bits per heavy atom. The zero-order valence-corrected chi connectivity index (χ0v) is 12.3. The highest BCUT2D eigenvalue weighted by Crippen LogP contribution is 2.29. The lowest BCUT2D eigenvalue weighted by molar-refractivity contribution is 0.453. The number of hydrogen-bond acceptors (Lipinski definition) is 3. The van der Waals surface area contributed by atoms with Gasteiger partial charge < -0.3 is 10.1 Å². The summed E-state index contributed by atoms with van der Waals surface area (Å²) in [7, 11) is 1.88. The summed E-state index contributed by atoms with van der Waals surface area (Å²) in [4.78, 5) is 4.35. The Bertz CT molecular complexity index is 590. The minimum absolute atomic E-state index is 0.346. The number of rotatable bonds is 4. The standard InChI is InChI=1S/C14H14BrFN2O/c1-9-10(8-17-2)3-6-14(18-9)19-13-7-11(16)4-5-12(13)15/h3-7,17H,8H2,1-2H3. The third-order valence-corrected chi connectivity index (χ3v) is 3.30. The summed E-state index contributed by atoms with van der Waals surface area (Å²) in [6, 6.07) is 8.01. The summed E-state index contributed by atoms with van der Waals surface area (Å²) in [5.74, 6) is 0.513. The Labute approximate surface area is 119 Å². The smallest absolute Gasteiger partial charge is 0.219 e. The van der Waals surface area contributed by atoms with Crippen molar-refractivity contribution in [1.82, 2.24) is 10.3 Å². The molecule has 2 aromatic rings. The highest BCUT2D eigenvalue weighted by molar-refractivity contribution is 9.10. The number of aromatic nitrogens is 1. The Balaban J connectivity index is 2.24. The molecule has 0 amide bonds. The van der Waals surface area contributed by atoms with Gasteiger partial charge in [0.1, 0.15) is 11.6 Å². The molecule has 0 bridgehead atoms. The van der Waals surface area contributed by atoms with Crippen LogP contribution in [-0.2, 0) is 6.54 Å². The van der Waals surface area contributed by atoms with Crippen molar-refractivity contribution in [2.45, 2.75) is 13.5 Å². The minimum Gasteiger partial charge on any atom is -0.438 e. The average molecular weight is 325 g/mol. The topological polar surface area (TPSA) is 34.1 Å². The molecule has 0 radical (unpaired) electrons. The number of hydrogen-bond donors (Lipinski definition) is 1. The van der Waals surface area contributed by atoms with Crippen molar-refractivity contribution in [2.24, 2.45) is 0 Å². The van der Waals surface area contributed by atoms with E-state index in [4.69, 9.17) is 4.74 Å². The Morgan fingerprint density at radius 3 is 2.79 bits per heavy atom. The van der Waals surface area contributed by atoms with Crippen molar-refractivity contribution in [3.05, 3.63) is 51.9 Å². The second kappa shape index (κ2) is 6.12. The van der Waals surface area contributed by atoms with Crippen LogP contribution in [-0.4, -0.2) is 12.0 Å². The van der Waals surface area contributed by atoms with Crippen molar-refractivity contribution < 1.29 is 9.13 Å². The molecular formula is C14H14BrFN2O. The van der Waals surface area contributed by atoms with Gasteiger partial charge in [-0.15, -0.1) is 0 Å². The van der Waals surface area contributed by atoms with E-state index in [2.05, 4.69) is 26.2 Å². The summed E-state index contributed by atoms with van der Waals surface area (Å²) >= 11 is 3.32. The van der Waals surface area contributed by atoms with Gasteiger partial charge in [-0.25, -0.2) is 9.37 Å². The van der Waals surface area contributed by atoms with Gasteiger partial charge in [-0.3, -0.25) is 0 Å². The Morgan fingerprint density at radius 1 is 1.32 bits per heavy atom. The van der Waals surface area contributed by atoms with E-state index in [1.165, 1.54) is 12.1 Å². The third kappa shape index (κ3) is 3.52. The van der Waals surface area contributed by atoms with Crippen LogP contribution in [0.3, 0.4) is 0 Å². The van der Waals surface area contributed by atoms with E-state index in [9.17, 15) is 4.39 Å². The molecule has 5 heteroatoms. The molecule has 2 rings (SSSR count). The van der Waals surface area contributed by atoms with E-state index in [-0.39, 0.29) is 5.82 Å². The molecule has 0 saturated heterocycles. The van der Waals surface area contributed by atoms with Crippen LogP contribution in [0.2, 0.25) is 0 Å². The van der Waals surface area contributed by atoms with Crippen LogP contribution in [0.15, 0.2) is 34.8 Å². The molecule has 0 aliphatic heterocycles. The molecule has 0 saturated carbocycles. The molecule has 19 heavy (non-hydrogen) atoms. The molecule has 3 nitrogen and oxygen atoms in total. The van der Waals surface area contributed by atoms with E-state index in [0.29, 0.717) is 16.1 Å². The van der Waals surface area contributed by atoms with Crippen LogP contribution in [0.5, 0.6) is 11.6 Å². The quantitative estimate of drug-likeness (QED) is 0.928. The van der Waals surface area contributed by atoms with Gasteiger partial charge in [-0.1, -0.05) is 6.07 Å². The summed E-state index contributed by atoms with van der Waals surface area (Å²) in [5, 5.41) is 3.07. The highest BCUT2D eigenvalue weighted by atomic mass is 79.9. The largest absolute Gasteiger partial charge is 0.438 e. The molecule has 0 fully saturated rings. The predicted molar refractivity (Wildman–Crippen MR) is 75.9 cm³/mol. The van der Waals surface area contributed by atoms with Crippen LogP contribution >= 0.6 is 15.9 Å². The summed E-state index contributed by atoms with van der Waals surface area (Å²) in [5.41, 5.74) is 1.99. The van der Waals surface area contributed by atoms with Gasteiger partial charge in [0.25, 0.3) is 0 Å². The molecule has 0 aliphatic carbocycles. The zero-order chi connectivity index (χ0) is 13.8. The normalized spacial score (nSPS) is 10.5. The molecular weight excluding hydrogens is 311 g/mol. The van der Waals surface area contributed by atoms with E-state index in [0.717, 1.165) is 17.8 Å². The van der Waals surface area contributed by atoms with Gasteiger partial charge in [0.15, 0.2) is 0 Å². The van der Waals surface area contributed by atoms with Crippen LogP contribution in [0.1, 0.15) is 11.3 Å². The van der Waals surface area contributed by atoms with Gasteiger partial charge in [0, 0.05) is 24.4 Å². The highest BCUT2D eigenvalue weighted by Gasteiger charge is 2.07. The molecule has 0 unspecified atom stereocenters. The van der Waals surface area contributed by atoms with Crippen LogP contribution < -0.4 is 10.1 Å². The van der Waals surface area contributed by atoms with Crippen molar-refractivity contribution in [1.29, 1.82) is 0 Å². The van der Waals surface area contributed by atoms with E-state index >= 15 is 0 Å². The monoisotopic (exact) mass is 324 g/mol. The van der Waals surface area contributed by atoms with E-state index in [1.54, 1.807) is 12.1 Å². The van der Waals surface area contributed by atoms with Gasteiger partial charge in [0.05, 0.1) is 4.47 Å². The van der Waals surface area contributed by atoms with Gasteiger partial charge in [-0.2, -0.15) is 0 Å². The molecule has 1 heterocycles. The first-order valence-corrected chi connectivity index (χ1v) is 6.63. The van der Waals surface area contributed by atoms with Crippen LogP contribution in [0.4, 0.5) is 4.39 Å². The number of pyridine rings is 1. The number of benzene rings is 1. The number of nitrogens with one attached hydrogen (secondary N) is 1. The van der Waals surface area contributed by atoms with Crippen molar-refractivity contribution >= 4 is 15.9 Å². The lowest BCUT2D eigenvalue weighted by atomic mass is 10.2. The Kier molecular flexibility index (Phi) is 4.50. The summed E-state index contributed by atoms with van der Waals surface area (Å²) < 4.78 is 19.4. The van der Waals surface area contributed by atoms with E-state index < -0.39 is 0 Å². The second-order valence-electron chi connectivity index (χ2n) is 4.10. The predicted octanol–water partition coefficient (Wildman–Crippen LogP) is 3.80. The maximum atomic E-state index is 13.2. The molecule has 0 aliphatic rings. The van der Waals surface area contributed by atoms with Gasteiger partial charge in [0.2, 0.25) is 5.88 Å². The maximum absolute atomic E-state index is 13.2. The number of nitrogens with zero attached hydrogens (tertiary/aromatic N) is 1. The lowest BCUT2D eigenvalue weighted by Crippen LogP contribution is -2.07. The third-order valence-electron chi connectivity index (χ3n) is 2.64. The summed E-state index contributed by atoms with van der Waals surface area (Å²) in [6.45, 7) is 2.67. The number of halogens is 2. The first-order chi connectivity index (χ1) is 9.10. The SMILES string of the molecule is CNCc1ccc(Oc2cc(F)ccc2Br)nc1C. The van der Waals surface area contributed by atoms with Crippen LogP contribution in [0.25, 0.3) is 0 Å². The number of aryl methyl sites for hydroxylation is 1. The minimum atomic E-state index is -0.346. The van der Waals surface area contributed by atoms with Gasteiger partial charge >= 0.3 is 0 Å². The number of ether oxygens (including phenoxy) is 1. The van der Waals surface area contributed by atoms with Crippen molar-refractivity contribution in [2.75, 3.05) is 7.05 Å². The Hall–Kier alpha value is -1.46. The fourth-order valence-corrected chi connectivity index (χ4v) is 2.00. The molecule has 0 spiro atoms. The maximum Gasteiger partial charge on any atom is 0.219 e. The van der Waals surface area contributed by atoms with Crippen LogP contribution in [0, 0.1) is 12.7 Å². The van der Waals surface area contributed by atoms with Gasteiger partial charge in [-0.05, 0) is 47.6 Å². The van der Waals surface area contributed by atoms with Crippen molar-refractivity contribution in [3.63, 3.8) is 0 Å². The molecule has 1 aromatic carbocycles. The molecule has 1 N–H and O–H groups in total. The fourth-order valence-electron chi connectivity index (χ4n) is 1.67. The lowest BCUT2D eigenvalue weighted by Gasteiger charge is -2.10. The van der Waals surface area contributed by atoms with E-state index in [1.807, 2.05) is 20.0 Å². The second-order valence-corrected chi connectivity index (χ2v) is 4.96. The average Bonchev–Trinajstić information content (AvgIpc) is 2.37. The molecule has 100 valence electrons. The fraction of sp³-hybridized carbons (Fsp3) is 0.214. The zero-order valence-electron chi connectivity index (χ0n) is 10.7.